The third-order valence-corrected chi connectivity index (χ3v) is 10.9. The molecule has 4 saturated carbocycles. The molecule has 8 rings (SSSR count). The molecule has 0 saturated heterocycles. The molecule has 7 unspecified atom stereocenters. The van der Waals surface area contributed by atoms with E-state index in [2.05, 4.69) is 10.3 Å². The Bertz CT molecular complexity index is 1510. The first kappa shape index (κ1) is 21.9. The predicted octanol–water partition coefficient (Wildman–Crippen LogP) is 5.46. The number of halogens is 3. The zero-order valence-corrected chi connectivity index (χ0v) is 20.1. The Balaban J connectivity index is 1.06. The number of hydrogen-bond acceptors (Lipinski definition) is 3. The van der Waals surface area contributed by atoms with Gasteiger partial charge in [0.2, 0.25) is 5.91 Å². The van der Waals surface area contributed by atoms with Crippen LogP contribution in [-0.2, 0) is 4.79 Å². The van der Waals surface area contributed by atoms with Crippen molar-refractivity contribution in [1.29, 1.82) is 0 Å². The van der Waals surface area contributed by atoms with Gasteiger partial charge in [0.25, 0.3) is 0 Å². The molecule has 1 aromatic heterocycles. The fourth-order valence-electron chi connectivity index (χ4n) is 9.60. The van der Waals surface area contributed by atoms with Crippen molar-refractivity contribution in [2.24, 2.45) is 28.1 Å². The second kappa shape index (κ2) is 6.84. The third kappa shape index (κ3) is 2.46. The monoisotopic (exact) mass is 505 g/mol. The first-order valence-electron chi connectivity index (χ1n) is 13.1. The molecule has 2 N–H and O–H groups in total. The van der Waals surface area contributed by atoms with Gasteiger partial charge in [0.05, 0.1) is 41.5 Å². The van der Waals surface area contributed by atoms with Gasteiger partial charge in [-0.1, -0.05) is 12.1 Å². The zero-order chi connectivity index (χ0) is 25.3. The van der Waals surface area contributed by atoms with Crippen LogP contribution in [0, 0.1) is 45.5 Å². The summed E-state index contributed by atoms with van der Waals surface area (Å²) in [5.41, 5.74) is 1.32. The minimum atomic E-state index is -0.776. The van der Waals surface area contributed by atoms with Gasteiger partial charge in [-0.05, 0) is 79.4 Å². The number of carbonyl (C=O) groups is 1. The Kier molecular flexibility index (Phi) is 4.05. The molecular weight excluding hydrogens is 479 g/mol. The van der Waals surface area contributed by atoms with Crippen molar-refractivity contribution in [3.05, 3.63) is 71.9 Å². The molecular formula is C29H26F3N3O2. The highest BCUT2D eigenvalue weighted by Gasteiger charge is 2.92. The van der Waals surface area contributed by atoms with Crippen LogP contribution >= 0.6 is 0 Å². The van der Waals surface area contributed by atoms with E-state index in [1.54, 1.807) is 18.6 Å². The fourth-order valence-corrected chi connectivity index (χ4v) is 9.60. The molecule has 3 aromatic rings. The van der Waals surface area contributed by atoms with Crippen LogP contribution in [0.25, 0.3) is 11.3 Å². The van der Waals surface area contributed by atoms with Gasteiger partial charge in [-0.2, -0.15) is 0 Å². The molecule has 2 aromatic carbocycles. The van der Waals surface area contributed by atoms with E-state index in [1.165, 1.54) is 12.1 Å². The van der Waals surface area contributed by atoms with Crippen molar-refractivity contribution >= 4 is 11.6 Å². The first-order chi connectivity index (χ1) is 17.8. The average molecular weight is 506 g/mol. The highest BCUT2D eigenvalue weighted by molar-refractivity contribution is 6.00. The smallest absolute Gasteiger partial charge is 0.231 e. The molecule has 8 heteroatoms. The summed E-state index contributed by atoms with van der Waals surface area (Å²) < 4.78 is 44.5. The Morgan fingerprint density at radius 1 is 1.19 bits per heavy atom. The van der Waals surface area contributed by atoms with E-state index >= 15 is 0 Å². The van der Waals surface area contributed by atoms with Crippen LogP contribution in [0.1, 0.15) is 50.1 Å². The number of aliphatic hydroxyl groups excluding tert-OH is 1. The molecule has 2 bridgehead atoms. The molecule has 37 heavy (non-hydrogen) atoms. The molecule has 1 amide bonds. The van der Waals surface area contributed by atoms with Gasteiger partial charge in [0.1, 0.15) is 17.5 Å². The number of carbonyl (C=O) groups excluding carboxylic acids is 1. The number of nitrogens with one attached hydrogen (secondary N) is 1. The lowest BCUT2D eigenvalue weighted by Crippen LogP contribution is -2.38. The van der Waals surface area contributed by atoms with Crippen LogP contribution in [0.4, 0.5) is 18.9 Å². The lowest BCUT2D eigenvalue weighted by atomic mass is 9.70. The molecule has 7 atom stereocenters. The number of benzene rings is 2. The normalized spacial score (nSPS) is 36.3. The predicted molar refractivity (Wildman–Crippen MR) is 129 cm³/mol. The lowest BCUT2D eigenvalue weighted by Gasteiger charge is -2.38. The van der Waals surface area contributed by atoms with Gasteiger partial charge >= 0.3 is 0 Å². The summed E-state index contributed by atoms with van der Waals surface area (Å²) in [6.45, 7) is 0. The summed E-state index contributed by atoms with van der Waals surface area (Å²) in [4.78, 5) is 17.8. The molecule has 1 spiro atoms. The van der Waals surface area contributed by atoms with Gasteiger partial charge in [-0.25, -0.2) is 18.2 Å². The molecule has 5 aliphatic rings. The van der Waals surface area contributed by atoms with Crippen molar-refractivity contribution in [1.82, 2.24) is 9.55 Å². The summed E-state index contributed by atoms with van der Waals surface area (Å²) in [7, 11) is 0. The zero-order valence-electron chi connectivity index (χ0n) is 20.1. The third-order valence-electron chi connectivity index (χ3n) is 10.9. The quantitative estimate of drug-likeness (QED) is 0.484. The van der Waals surface area contributed by atoms with Gasteiger partial charge in [-0.15, -0.1) is 0 Å². The maximum atomic E-state index is 14.9. The number of rotatable bonds is 5. The highest BCUT2D eigenvalue weighted by atomic mass is 19.1. The van der Waals surface area contributed by atoms with Crippen LogP contribution in [0.15, 0.2) is 48.9 Å². The topological polar surface area (TPSA) is 67.2 Å². The summed E-state index contributed by atoms with van der Waals surface area (Å²) >= 11 is 0. The fraction of sp³-hybridized carbons (Fsp3) is 0.448. The average Bonchev–Trinajstić information content (AvgIpc) is 3.48. The van der Waals surface area contributed by atoms with Crippen LogP contribution in [0.2, 0.25) is 0 Å². The molecule has 4 aliphatic carbocycles. The maximum Gasteiger partial charge on any atom is 0.231 e. The molecule has 0 radical (unpaired) electrons. The van der Waals surface area contributed by atoms with Crippen molar-refractivity contribution < 1.29 is 23.1 Å². The van der Waals surface area contributed by atoms with Crippen molar-refractivity contribution in [3.8, 4) is 11.3 Å². The number of aliphatic hydroxyl groups is 1. The van der Waals surface area contributed by atoms with Gasteiger partial charge in [-0.3, -0.25) is 4.79 Å². The Morgan fingerprint density at radius 3 is 2.86 bits per heavy atom. The summed E-state index contributed by atoms with van der Waals surface area (Å²) in [5.74, 6) is -1.40. The summed E-state index contributed by atoms with van der Waals surface area (Å²) in [5, 5.41) is 14.5. The van der Waals surface area contributed by atoms with Crippen LogP contribution in [0.3, 0.4) is 0 Å². The molecule has 1 aliphatic heterocycles. The first-order valence-corrected chi connectivity index (χ1v) is 13.1. The second-order valence-electron chi connectivity index (χ2n) is 12.0. The number of amides is 1. The largest absolute Gasteiger partial charge is 0.392 e. The van der Waals surface area contributed by atoms with Crippen LogP contribution in [-0.4, -0.2) is 26.7 Å². The van der Waals surface area contributed by atoms with Gasteiger partial charge in [0.15, 0.2) is 0 Å². The summed E-state index contributed by atoms with van der Waals surface area (Å²) in [6.07, 6.45) is 7.26. The van der Waals surface area contributed by atoms with E-state index in [9.17, 15) is 23.1 Å². The van der Waals surface area contributed by atoms with E-state index < -0.39 is 23.2 Å². The van der Waals surface area contributed by atoms with Crippen LogP contribution in [0.5, 0.6) is 0 Å². The number of imidazole rings is 1. The minimum absolute atomic E-state index is 0.00737. The SMILES string of the molecule is O=C(Nc1ccc(F)cc1F)C12CCC3CC4(C(O)CC5c6c(F)cccc6-c6cncn65)CC1C32C4. The molecule has 4 fully saturated rings. The van der Waals surface area contributed by atoms with E-state index in [0.29, 0.717) is 17.9 Å². The molecule has 2 heterocycles. The lowest BCUT2D eigenvalue weighted by molar-refractivity contribution is -0.123. The minimum Gasteiger partial charge on any atom is -0.392 e. The standard InChI is InChI=1S/C29H26F3N3O2/c30-16-4-5-20(19(32)8-16)34-26(37)28-7-6-15-10-27(11-23(28)29(15,28)13-27)24(36)9-21-25-17(2-1-3-18(25)31)22-12-33-14-35(21)22/h1-5,8,12,14-15,21,23-24,36H,6-7,9-11,13H2,(H,34,37). The van der Waals surface area contributed by atoms with E-state index in [-0.39, 0.29) is 40.2 Å². The Morgan fingerprint density at radius 2 is 2.05 bits per heavy atom. The number of anilines is 1. The number of nitrogens with zero attached hydrogens (tertiary/aromatic N) is 2. The Hall–Kier alpha value is -3.13. The van der Waals surface area contributed by atoms with Crippen LogP contribution < -0.4 is 5.32 Å². The van der Waals surface area contributed by atoms with E-state index in [4.69, 9.17) is 0 Å². The molecule has 190 valence electrons. The second-order valence-corrected chi connectivity index (χ2v) is 12.0. The highest BCUT2D eigenvalue weighted by Crippen LogP contribution is 2.94. The van der Waals surface area contributed by atoms with Gasteiger partial charge < -0.3 is 15.0 Å². The summed E-state index contributed by atoms with van der Waals surface area (Å²) in [6, 6.07) is 7.95. The number of aromatic nitrogens is 2. The number of fused-ring (bicyclic) bond motifs is 5. The van der Waals surface area contributed by atoms with Gasteiger partial charge in [0, 0.05) is 17.2 Å². The van der Waals surface area contributed by atoms with Crippen molar-refractivity contribution in [3.63, 3.8) is 0 Å². The maximum absolute atomic E-state index is 14.9. The Labute approximate surface area is 211 Å². The van der Waals surface area contributed by atoms with Crippen molar-refractivity contribution in [2.75, 3.05) is 5.32 Å². The number of hydrogen-bond donors (Lipinski definition) is 2. The van der Waals surface area contributed by atoms with Crippen molar-refractivity contribution in [2.45, 2.75) is 50.7 Å². The molecule has 5 nitrogen and oxygen atoms in total. The van der Waals surface area contributed by atoms with E-state index in [1.807, 2.05) is 10.6 Å². The van der Waals surface area contributed by atoms with E-state index in [0.717, 1.165) is 55.5 Å².